The van der Waals surface area contributed by atoms with Crippen LogP contribution in [0.2, 0.25) is 0 Å². The number of nitrogens with zero attached hydrogens (tertiary/aromatic N) is 2. The molecule has 88 valence electrons. The Bertz CT molecular complexity index is 469. The summed E-state index contributed by atoms with van der Waals surface area (Å²) in [6, 6.07) is 4.04. The van der Waals surface area contributed by atoms with Crippen LogP contribution in [0.15, 0.2) is 24.5 Å². The van der Waals surface area contributed by atoms with Crippen LogP contribution in [-0.2, 0) is 19.4 Å². The zero-order valence-electron chi connectivity index (χ0n) is 9.65. The monoisotopic (exact) mass is 245 g/mol. The first kappa shape index (κ1) is 10.7. The summed E-state index contributed by atoms with van der Waals surface area (Å²) in [6.45, 7) is 0.806. The molecule has 0 saturated heterocycles. The maximum absolute atomic E-state index is 4.65. The van der Waals surface area contributed by atoms with Crippen LogP contribution in [0.4, 0.5) is 5.13 Å². The minimum atomic E-state index is 0.806. The molecule has 2 aromatic heterocycles. The Morgan fingerprint density at radius 1 is 1.29 bits per heavy atom. The lowest BCUT2D eigenvalue weighted by Crippen LogP contribution is -2.00. The van der Waals surface area contributed by atoms with E-state index < -0.39 is 0 Å². The summed E-state index contributed by atoms with van der Waals surface area (Å²) in [4.78, 5) is 10.2. The largest absolute Gasteiger partial charge is 0.357 e. The topological polar surface area (TPSA) is 37.8 Å². The van der Waals surface area contributed by atoms with Gasteiger partial charge in [-0.15, -0.1) is 11.3 Å². The molecule has 0 unspecified atom stereocenters. The summed E-state index contributed by atoms with van der Waals surface area (Å²) in [7, 11) is 0. The number of pyridine rings is 1. The van der Waals surface area contributed by atoms with Gasteiger partial charge in [0.25, 0.3) is 0 Å². The van der Waals surface area contributed by atoms with Gasteiger partial charge in [-0.2, -0.15) is 0 Å². The van der Waals surface area contributed by atoms with E-state index in [4.69, 9.17) is 0 Å². The molecule has 0 spiro atoms. The molecular weight excluding hydrogens is 230 g/mol. The SMILES string of the molecule is c1cncc(CNc2nc3c(s2)CCCC3)c1. The minimum Gasteiger partial charge on any atom is -0.357 e. The Morgan fingerprint density at radius 3 is 3.06 bits per heavy atom. The molecule has 0 radical (unpaired) electrons. The number of hydrogen-bond acceptors (Lipinski definition) is 4. The predicted molar refractivity (Wildman–Crippen MR) is 70.3 cm³/mol. The van der Waals surface area contributed by atoms with Crippen molar-refractivity contribution in [3.8, 4) is 0 Å². The predicted octanol–water partition coefficient (Wildman–Crippen LogP) is 3.03. The van der Waals surface area contributed by atoms with Crippen molar-refractivity contribution in [1.29, 1.82) is 0 Å². The Morgan fingerprint density at radius 2 is 2.24 bits per heavy atom. The number of aryl methyl sites for hydroxylation is 2. The van der Waals surface area contributed by atoms with Gasteiger partial charge in [-0.05, 0) is 37.3 Å². The van der Waals surface area contributed by atoms with Gasteiger partial charge in [0.05, 0.1) is 5.69 Å². The van der Waals surface area contributed by atoms with Crippen LogP contribution in [0.3, 0.4) is 0 Å². The van der Waals surface area contributed by atoms with Crippen molar-refractivity contribution in [2.75, 3.05) is 5.32 Å². The van der Waals surface area contributed by atoms with Gasteiger partial charge in [-0.1, -0.05) is 6.07 Å². The van der Waals surface area contributed by atoms with Gasteiger partial charge in [0.2, 0.25) is 0 Å². The van der Waals surface area contributed by atoms with Gasteiger partial charge >= 0.3 is 0 Å². The summed E-state index contributed by atoms with van der Waals surface area (Å²) in [5.41, 5.74) is 2.51. The molecule has 3 nitrogen and oxygen atoms in total. The van der Waals surface area contributed by atoms with Gasteiger partial charge in [0.1, 0.15) is 0 Å². The third-order valence-corrected chi connectivity index (χ3v) is 4.13. The molecule has 0 saturated carbocycles. The molecule has 1 aliphatic carbocycles. The standard InChI is InChI=1S/C13H15N3S/c1-2-6-12-11(5-1)16-13(17-12)15-9-10-4-3-7-14-8-10/h3-4,7-8H,1-2,5-6,9H2,(H,15,16). The lowest BCUT2D eigenvalue weighted by Gasteiger charge is -2.06. The molecule has 4 heteroatoms. The highest BCUT2D eigenvalue weighted by molar-refractivity contribution is 7.15. The summed E-state index contributed by atoms with van der Waals surface area (Å²) in [5, 5.41) is 4.44. The van der Waals surface area contributed by atoms with Crippen molar-refractivity contribution < 1.29 is 0 Å². The maximum atomic E-state index is 4.65. The molecule has 0 aliphatic heterocycles. The van der Waals surface area contributed by atoms with E-state index in [2.05, 4.69) is 21.4 Å². The first-order valence-corrected chi connectivity index (χ1v) is 6.85. The first-order chi connectivity index (χ1) is 8.42. The van der Waals surface area contributed by atoms with Crippen molar-refractivity contribution in [2.24, 2.45) is 0 Å². The molecule has 0 aromatic carbocycles. The second kappa shape index (κ2) is 4.84. The van der Waals surface area contributed by atoms with Gasteiger partial charge in [0.15, 0.2) is 5.13 Å². The average Bonchev–Trinajstić information content (AvgIpc) is 2.80. The van der Waals surface area contributed by atoms with Crippen LogP contribution in [0.25, 0.3) is 0 Å². The van der Waals surface area contributed by atoms with Gasteiger partial charge < -0.3 is 5.32 Å². The van der Waals surface area contributed by atoms with Gasteiger partial charge in [-0.3, -0.25) is 4.98 Å². The maximum Gasteiger partial charge on any atom is 0.183 e. The molecule has 2 aromatic rings. The van der Waals surface area contributed by atoms with Crippen LogP contribution >= 0.6 is 11.3 Å². The number of aromatic nitrogens is 2. The molecule has 17 heavy (non-hydrogen) atoms. The summed E-state index contributed by atoms with van der Waals surface area (Å²) < 4.78 is 0. The highest BCUT2D eigenvalue weighted by Gasteiger charge is 2.14. The van der Waals surface area contributed by atoms with Crippen molar-refractivity contribution >= 4 is 16.5 Å². The number of nitrogens with one attached hydrogen (secondary N) is 1. The number of thiazole rings is 1. The normalized spacial score (nSPS) is 14.4. The molecule has 1 N–H and O–H groups in total. The molecular formula is C13H15N3S. The van der Waals surface area contributed by atoms with E-state index in [0.717, 1.165) is 18.1 Å². The van der Waals surface area contributed by atoms with E-state index >= 15 is 0 Å². The van der Waals surface area contributed by atoms with Crippen LogP contribution in [0.5, 0.6) is 0 Å². The Hall–Kier alpha value is -1.42. The molecule has 0 bridgehead atoms. The molecule has 0 atom stereocenters. The number of fused-ring (bicyclic) bond motifs is 1. The zero-order valence-corrected chi connectivity index (χ0v) is 10.5. The Labute approximate surface area is 105 Å². The van der Waals surface area contributed by atoms with E-state index in [-0.39, 0.29) is 0 Å². The van der Waals surface area contributed by atoms with Crippen molar-refractivity contribution in [3.63, 3.8) is 0 Å². The van der Waals surface area contributed by atoms with E-state index in [1.54, 1.807) is 6.20 Å². The Kier molecular flexibility index (Phi) is 3.05. The van der Waals surface area contributed by atoms with Gasteiger partial charge in [0, 0.05) is 23.8 Å². The average molecular weight is 245 g/mol. The fraction of sp³-hybridized carbons (Fsp3) is 0.385. The highest BCUT2D eigenvalue weighted by Crippen LogP contribution is 2.29. The fourth-order valence-electron chi connectivity index (χ4n) is 2.11. The molecule has 2 heterocycles. The third-order valence-electron chi connectivity index (χ3n) is 3.01. The van der Waals surface area contributed by atoms with Crippen molar-refractivity contribution in [3.05, 3.63) is 40.7 Å². The smallest absolute Gasteiger partial charge is 0.183 e. The van der Waals surface area contributed by atoms with Crippen LogP contribution in [0, 0.1) is 0 Å². The highest BCUT2D eigenvalue weighted by atomic mass is 32.1. The van der Waals surface area contributed by atoms with Crippen LogP contribution < -0.4 is 5.32 Å². The molecule has 3 rings (SSSR count). The lowest BCUT2D eigenvalue weighted by atomic mass is 10.0. The first-order valence-electron chi connectivity index (χ1n) is 6.03. The molecule has 0 amide bonds. The second-order valence-corrected chi connectivity index (χ2v) is 5.39. The quantitative estimate of drug-likeness (QED) is 0.903. The van der Waals surface area contributed by atoms with E-state index in [0.29, 0.717) is 0 Å². The summed E-state index contributed by atoms with van der Waals surface area (Å²) in [5.74, 6) is 0. The second-order valence-electron chi connectivity index (χ2n) is 4.31. The number of hydrogen-bond donors (Lipinski definition) is 1. The number of rotatable bonds is 3. The fourth-order valence-corrected chi connectivity index (χ4v) is 3.15. The van der Waals surface area contributed by atoms with Crippen LogP contribution in [0.1, 0.15) is 29.0 Å². The molecule has 1 aliphatic rings. The van der Waals surface area contributed by atoms with Crippen molar-refractivity contribution in [2.45, 2.75) is 32.2 Å². The van der Waals surface area contributed by atoms with Crippen LogP contribution in [-0.4, -0.2) is 9.97 Å². The van der Waals surface area contributed by atoms with E-state index in [1.807, 2.05) is 23.6 Å². The zero-order chi connectivity index (χ0) is 11.5. The van der Waals surface area contributed by atoms with Crippen molar-refractivity contribution in [1.82, 2.24) is 9.97 Å². The lowest BCUT2D eigenvalue weighted by molar-refractivity contribution is 0.682. The number of anilines is 1. The van der Waals surface area contributed by atoms with Gasteiger partial charge in [-0.25, -0.2) is 4.98 Å². The molecule has 0 fully saturated rings. The summed E-state index contributed by atoms with van der Waals surface area (Å²) in [6.07, 6.45) is 8.66. The van der Waals surface area contributed by atoms with E-state index in [1.165, 1.54) is 35.4 Å². The third kappa shape index (κ3) is 2.47. The Balaban J connectivity index is 1.67. The summed E-state index contributed by atoms with van der Waals surface area (Å²) >= 11 is 1.81. The minimum absolute atomic E-state index is 0.806. The van der Waals surface area contributed by atoms with E-state index in [9.17, 15) is 0 Å².